The Morgan fingerprint density at radius 1 is 0.909 bits per heavy atom. The predicted octanol–water partition coefficient (Wildman–Crippen LogP) is 4.31. The first-order chi connectivity index (χ1) is 10.5. The number of hydrogen-bond acceptors (Lipinski definition) is 3. The van der Waals surface area contributed by atoms with Crippen LogP contribution in [0, 0.1) is 6.92 Å². The van der Waals surface area contributed by atoms with Crippen LogP contribution in [0.2, 0.25) is 10.0 Å². The lowest BCUT2D eigenvalue weighted by molar-refractivity contribution is 1.37. The maximum absolute atomic E-state index is 11.9. The Morgan fingerprint density at radius 3 is 2.23 bits per heavy atom. The lowest BCUT2D eigenvalue weighted by Crippen LogP contribution is -2.35. The quantitative estimate of drug-likeness (QED) is 0.727. The molecule has 0 radical (unpaired) electrons. The van der Waals surface area contributed by atoms with E-state index in [1.807, 2.05) is 19.1 Å². The maximum Gasteiger partial charge on any atom is 0.250 e. The topological polar surface area (TPSA) is 46.2 Å². The Bertz CT molecular complexity index is 923. The van der Waals surface area contributed by atoms with Crippen LogP contribution in [0.5, 0.6) is 0 Å². The Hall–Kier alpha value is -2.10. The fraction of sp³-hybridized carbons (Fsp3) is 0.0588. The number of hydrogen-bond donors (Lipinski definition) is 1. The summed E-state index contributed by atoms with van der Waals surface area (Å²) < 4.78 is 0. The molecule has 3 aromatic carbocycles. The summed E-state index contributed by atoms with van der Waals surface area (Å²) in [6, 6.07) is 12.2. The summed E-state index contributed by atoms with van der Waals surface area (Å²) in [5.41, 5.74) is 1.90. The second-order valence-electron chi connectivity index (χ2n) is 5.00. The number of aryl methyl sites for hydroxylation is 1. The minimum absolute atomic E-state index is 0.284. The molecule has 0 spiro atoms. The third kappa shape index (κ3) is 2.54. The van der Waals surface area contributed by atoms with E-state index in [1.165, 1.54) is 0 Å². The molecule has 22 heavy (non-hydrogen) atoms. The van der Waals surface area contributed by atoms with Crippen LogP contribution in [0.3, 0.4) is 0 Å². The molecule has 0 aliphatic rings. The first-order valence-electron chi connectivity index (χ1n) is 6.60. The molecule has 0 amide bonds. The largest absolute Gasteiger partial charge is 0.352 e. The van der Waals surface area contributed by atoms with Crippen molar-refractivity contribution < 1.29 is 0 Å². The van der Waals surface area contributed by atoms with Gasteiger partial charge >= 0.3 is 0 Å². The number of rotatable bonds is 3. The van der Waals surface area contributed by atoms with E-state index in [-0.39, 0.29) is 5.69 Å². The van der Waals surface area contributed by atoms with Gasteiger partial charge in [0.25, 0.3) is 5.43 Å². The number of halogens is 2. The van der Waals surface area contributed by atoms with E-state index in [0.29, 0.717) is 26.9 Å². The Kier molecular flexibility index (Phi) is 3.77. The summed E-state index contributed by atoms with van der Waals surface area (Å²) in [4.78, 5) is 23.7. The van der Waals surface area contributed by atoms with Gasteiger partial charge in [0.15, 0.2) is 0 Å². The third-order valence-corrected chi connectivity index (χ3v) is 4.14. The summed E-state index contributed by atoms with van der Waals surface area (Å²) in [6.07, 6.45) is 0. The third-order valence-electron chi connectivity index (χ3n) is 3.48. The zero-order valence-electron chi connectivity index (χ0n) is 11.6. The molecular weight excluding hydrogens is 321 g/mol. The van der Waals surface area contributed by atoms with Crippen molar-refractivity contribution >= 4 is 34.6 Å². The summed E-state index contributed by atoms with van der Waals surface area (Å²) in [7, 11) is 0. The highest BCUT2D eigenvalue weighted by atomic mass is 35.5. The van der Waals surface area contributed by atoms with Gasteiger partial charge in [0.2, 0.25) is 5.43 Å². The van der Waals surface area contributed by atoms with E-state index in [4.69, 9.17) is 23.2 Å². The van der Waals surface area contributed by atoms with E-state index in [1.54, 1.807) is 30.3 Å². The molecule has 0 saturated carbocycles. The van der Waals surface area contributed by atoms with Gasteiger partial charge in [-0.25, -0.2) is 0 Å². The second kappa shape index (κ2) is 5.59. The number of anilines is 2. The maximum atomic E-state index is 11.9. The van der Waals surface area contributed by atoms with Gasteiger partial charge in [-0.2, -0.15) is 0 Å². The van der Waals surface area contributed by atoms with Crippen LogP contribution in [0.4, 0.5) is 11.4 Å². The average Bonchev–Trinajstić information content (AvgIpc) is 2.51. The van der Waals surface area contributed by atoms with Crippen LogP contribution in [0.15, 0.2) is 52.1 Å². The molecule has 1 N–H and O–H groups in total. The molecule has 0 aliphatic heterocycles. The van der Waals surface area contributed by atoms with E-state index >= 15 is 0 Å². The minimum Gasteiger partial charge on any atom is -0.352 e. The average molecular weight is 332 g/mol. The van der Waals surface area contributed by atoms with Crippen LogP contribution in [-0.2, 0) is 0 Å². The summed E-state index contributed by atoms with van der Waals surface area (Å²) in [6.45, 7) is 1.89. The van der Waals surface area contributed by atoms with E-state index in [0.717, 1.165) is 5.56 Å². The monoisotopic (exact) mass is 331 g/mol. The Morgan fingerprint density at radius 2 is 1.59 bits per heavy atom. The Balaban J connectivity index is 2.00. The molecule has 0 aliphatic carbocycles. The smallest absolute Gasteiger partial charge is 0.250 e. The van der Waals surface area contributed by atoms with Gasteiger partial charge in [0.1, 0.15) is 5.69 Å². The fourth-order valence-corrected chi connectivity index (χ4v) is 2.52. The molecule has 0 heterocycles. The molecule has 110 valence electrons. The molecule has 0 aromatic heterocycles. The van der Waals surface area contributed by atoms with E-state index < -0.39 is 10.9 Å². The first-order valence-corrected chi connectivity index (χ1v) is 7.35. The molecule has 0 unspecified atom stereocenters. The molecular formula is C17H11Cl2NO2. The molecule has 0 atom stereocenters. The zero-order valence-corrected chi connectivity index (χ0v) is 13.1. The normalized spacial score (nSPS) is 10.9. The van der Waals surface area contributed by atoms with Crippen molar-refractivity contribution in [2.45, 2.75) is 6.92 Å². The summed E-state index contributed by atoms with van der Waals surface area (Å²) in [5, 5.41) is 4.15. The van der Waals surface area contributed by atoms with E-state index in [9.17, 15) is 9.59 Å². The van der Waals surface area contributed by atoms with Gasteiger partial charge in [0, 0.05) is 15.7 Å². The summed E-state index contributed by atoms with van der Waals surface area (Å²) in [5.74, 6) is 0. The van der Waals surface area contributed by atoms with Gasteiger partial charge in [0.05, 0.1) is 5.56 Å². The molecule has 3 aromatic rings. The molecule has 3 nitrogen and oxygen atoms in total. The van der Waals surface area contributed by atoms with Gasteiger partial charge < -0.3 is 5.32 Å². The first kappa shape index (κ1) is 14.8. The number of nitrogens with one attached hydrogen (secondary N) is 1. The summed E-state index contributed by atoms with van der Waals surface area (Å²) >= 11 is 11.9. The van der Waals surface area contributed by atoms with Gasteiger partial charge in [-0.3, -0.25) is 9.59 Å². The van der Waals surface area contributed by atoms with Gasteiger partial charge in [-0.1, -0.05) is 41.4 Å². The van der Waals surface area contributed by atoms with Gasteiger partial charge in [-0.05, 0) is 42.3 Å². The van der Waals surface area contributed by atoms with Crippen LogP contribution in [0.1, 0.15) is 5.56 Å². The number of benzene rings is 2. The highest BCUT2D eigenvalue weighted by molar-refractivity contribution is 6.31. The van der Waals surface area contributed by atoms with Crippen LogP contribution >= 0.6 is 23.2 Å². The predicted molar refractivity (Wildman–Crippen MR) is 91.3 cm³/mol. The van der Waals surface area contributed by atoms with Crippen molar-refractivity contribution in [3.8, 4) is 11.1 Å². The highest BCUT2D eigenvalue weighted by Crippen LogP contribution is 2.29. The zero-order chi connectivity index (χ0) is 15.9. The molecule has 0 saturated heterocycles. The van der Waals surface area contributed by atoms with Crippen molar-refractivity contribution in [3.05, 3.63) is 78.5 Å². The molecule has 5 heteroatoms. The van der Waals surface area contributed by atoms with Crippen LogP contribution < -0.4 is 16.2 Å². The van der Waals surface area contributed by atoms with Gasteiger partial charge in [-0.15, -0.1) is 0 Å². The highest BCUT2D eigenvalue weighted by Gasteiger charge is 2.22. The molecule has 3 rings (SSSR count). The standard InChI is InChI=1S/C17H11Cl2NO2/c1-9-2-7-12(8-13(9)19)20-15-14(16(21)17(15)22)10-3-5-11(18)6-4-10/h2-8,20H,1H3. The lowest BCUT2D eigenvalue weighted by atomic mass is 9.98. The SMILES string of the molecule is Cc1ccc(Nc2c(-c3ccc(Cl)cc3)c(=O)c2=O)cc1Cl. The lowest BCUT2D eigenvalue weighted by Gasteiger charge is -2.14. The molecule has 0 fully saturated rings. The fourth-order valence-electron chi connectivity index (χ4n) is 2.22. The molecule has 0 bridgehead atoms. The Labute approximate surface area is 136 Å². The van der Waals surface area contributed by atoms with Crippen molar-refractivity contribution in [1.82, 2.24) is 0 Å². The van der Waals surface area contributed by atoms with Crippen LogP contribution in [-0.4, -0.2) is 0 Å². The second-order valence-corrected chi connectivity index (χ2v) is 5.85. The minimum atomic E-state index is -0.526. The van der Waals surface area contributed by atoms with Crippen molar-refractivity contribution in [2.75, 3.05) is 5.32 Å². The van der Waals surface area contributed by atoms with Crippen LogP contribution in [0.25, 0.3) is 11.1 Å². The van der Waals surface area contributed by atoms with Crippen molar-refractivity contribution in [1.29, 1.82) is 0 Å². The van der Waals surface area contributed by atoms with E-state index in [2.05, 4.69) is 5.32 Å². The van der Waals surface area contributed by atoms with Crippen molar-refractivity contribution in [3.63, 3.8) is 0 Å². The van der Waals surface area contributed by atoms with Crippen molar-refractivity contribution in [2.24, 2.45) is 0 Å².